The number of anilines is 3. The van der Waals surface area contributed by atoms with Gasteiger partial charge in [-0.25, -0.2) is 0 Å². The van der Waals surface area contributed by atoms with Gasteiger partial charge in [0.05, 0.1) is 5.41 Å². The van der Waals surface area contributed by atoms with Crippen molar-refractivity contribution in [3.63, 3.8) is 0 Å². The van der Waals surface area contributed by atoms with Gasteiger partial charge in [0.25, 0.3) is 0 Å². The predicted molar refractivity (Wildman–Crippen MR) is 248 cm³/mol. The molecule has 2 nitrogen and oxygen atoms in total. The molecule has 11 rings (SSSR count). The molecule has 2 aliphatic rings. The summed E-state index contributed by atoms with van der Waals surface area (Å²) >= 11 is 0. The SMILES string of the molecule is CC1(C)c2ccccc2-c2ccc(N(c3ccc(-c4ccccc4)cc3)c3ccc4c(c3)C(c3ccccc3)(c3ccc(-c5ccccc5)cc3)c3ccccc3O4)cc21. The maximum atomic E-state index is 6.88. The lowest BCUT2D eigenvalue weighted by atomic mass is 9.63. The van der Waals surface area contributed by atoms with Crippen molar-refractivity contribution in [3.05, 3.63) is 258 Å². The van der Waals surface area contributed by atoms with Crippen molar-refractivity contribution in [3.8, 4) is 44.9 Å². The highest BCUT2D eigenvalue weighted by Gasteiger charge is 2.46. The lowest BCUT2D eigenvalue weighted by Gasteiger charge is -2.42. The fourth-order valence-electron chi connectivity index (χ4n) is 9.90. The van der Waals surface area contributed by atoms with Crippen LogP contribution in [0.15, 0.2) is 224 Å². The molecule has 0 spiro atoms. The topological polar surface area (TPSA) is 12.5 Å². The van der Waals surface area contributed by atoms with Crippen LogP contribution in [0.5, 0.6) is 11.5 Å². The van der Waals surface area contributed by atoms with Crippen LogP contribution in [0.25, 0.3) is 33.4 Å². The van der Waals surface area contributed by atoms with Gasteiger partial charge in [0.2, 0.25) is 0 Å². The highest BCUT2D eigenvalue weighted by atomic mass is 16.5. The number of benzene rings is 9. The van der Waals surface area contributed by atoms with Crippen molar-refractivity contribution >= 4 is 17.1 Å². The van der Waals surface area contributed by atoms with Crippen LogP contribution in [0.2, 0.25) is 0 Å². The third-order valence-corrected chi connectivity index (χ3v) is 12.8. The molecule has 1 heterocycles. The zero-order valence-corrected chi connectivity index (χ0v) is 33.7. The quantitative estimate of drug-likeness (QED) is 0.160. The molecule has 0 aromatic heterocycles. The van der Waals surface area contributed by atoms with Crippen LogP contribution in [-0.4, -0.2) is 0 Å². The highest BCUT2D eigenvalue weighted by Crippen LogP contribution is 2.57. The molecule has 1 aliphatic carbocycles. The molecule has 0 radical (unpaired) electrons. The number of hydrogen-bond acceptors (Lipinski definition) is 2. The van der Waals surface area contributed by atoms with E-state index in [9.17, 15) is 0 Å². The fraction of sp³-hybridized carbons (Fsp3) is 0.0690. The van der Waals surface area contributed by atoms with Gasteiger partial charge in [0.15, 0.2) is 0 Å². The summed E-state index contributed by atoms with van der Waals surface area (Å²) in [7, 11) is 0. The van der Waals surface area contributed by atoms with E-state index in [1.54, 1.807) is 0 Å². The Bertz CT molecular complexity index is 3010. The first-order valence-corrected chi connectivity index (χ1v) is 20.8. The largest absolute Gasteiger partial charge is 0.457 e. The molecule has 0 N–H and O–H groups in total. The molecule has 1 atom stereocenters. The molecule has 9 aromatic carbocycles. The molecular weight excluding hydrogens is 727 g/mol. The summed E-state index contributed by atoms with van der Waals surface area (Å²) < 4.78 is 6.88. The van der Waals surface area contributed by atoms with Crippen LogP contribution in [0, 0.1) is 0 Å². The van der Waals surface area contributed by atoms with Gasteiger partial charge in [0.1, 0.15) is 11.5 Å². The van der Waals surface area contributed by atoms with Crippen molar-refractivity contribution in [2.45, 2.75) is 24.7 Å². The summed E-state index contributed by atoms with van der Waals surface area (Å²) in [6, 6.07) is 81.5. The lowest BCUT2D eigenvalue weighted by molar-refractivity contribution is 0.434. The van der Waals surface area contributed by atoms with Crippen LogP contribution in [0.1, 0.15) is 47.2 Å². The van der Waals surface area contributed by atoms with Gasteiger partial charge >= 0.3 is 0 Å². The van der Waals surface area contributed by atoms with E-state index in [1.807, 2.05) is 0 Å². The maximum absolute atomic E-state index is 6.88. The second kappa shape index (κ2) is 14.1. The summed E-state index contributed by atoms with van der Waals surface area (Å²) in [6.45, 7) is 4.71. The molecular formula is C58H43NO. The minimum Gasteiger partial charge on any atom is -0.457 e. The monoisotopic (exact) mass is 769 g/mol. The van der Waals surface area contributed by atoms with E-state index < -0.39 is 5.41 Å². The van der Waals surface area contributed by atoms with Crippen LogP contribution >= 0.6 is 0 Å². The van der Waals surface area contributed by atoms with E-state index in [1.165, 1.54) is 55.6 Å². The maximum Gasteiger partial charge on any atom is 0.132 e. The van der Waals surface area contributed by atoms with Crippen molar-refractivity contribution in [2.75, 3.05) is 4.90 Å². The Morgan fingerprint density at radius 3 is 1.45 bits per heavy atom. The summed E-state index contributed by atoms with van der Waals surface area (Å²) in [4.78, 5) is 2.42. The van der Waals surface area contributed by atoms with E-state index in [0.717, 1.165) is 39.7 Å². The Morgan fingerprint density at radius 2 is 0.783 bits per heavy atom. The van der Waals surface area contributed by atoms with Crippen LogP contribution in [0.3, 0.4) is 0 Å². The van der Waals surface area contributed by atoms with Gasteiger partial charge in [-0.1, -0.05) is 190 Å². The van der Waals surface area contributed by atoms with Gasteiger partial charge in [-0.3, -0.25) is 0 Å². The zero-order chi connectivity index (χ0) is 40.3. The Balaban J connectivity index is 1.14. The van der Waals surface area contributed by atoms with Crippen molar-refractivity contribution in [1.29, 1.82) is 0 Å². The molecule has 0 bridgehead atoms. The number of fused-ring (bicyclic) bond motifs is 5. The summed E-state index contributed by atoms with van der Waals surface area (Å²) in [6.07, 6.45) is 0. The minimum atomic E-state index is -0.679. The Morgan fingerprint density at radius 1 is 0.333 bits per heavy atom. The van der Waals surface area contributed by atoms with Gasteiger partial charge in [0, 0.05) is 33.6 Å². The Kier molecular flexibility index (Phi) is 8.42. The predicted octanol–water partition coefficient (Wildman–Crippen LogP) is 15.3. The first-order valence-electron chi connectivity index (χ1n) is 20.8. The van der Waals surface area contributed by atoms with Crippen molar-refractivity contribution in [2.24, 2.45) is 0 Å². The second-order valence-electron chi connectivity index (χ2n) is 16.5. The fourth-order valence-corrected chi connectivity index (χ4v) is 9.90. The highest BCUT2D eigenvalue weighted by molar-refractivity contribution is 5.87. The molecule has 0 fully saturated rings. The molecule has 1 unspecified atom stereocenters. The first kappa shape index (κ1) is 35.7. The second-order valence-corrected chi connectivity index (χ2v) is 16.5. The third kappa shape index (κ3) is 5.63. The van der Waals surface area contributed by atoms with Gasteiger partial charge in [-0.15, -0.1) is 0 Å². The number of ether oxygens (including phenoxy) is 1. The molecule has 2 heteroatoms. The van der Waals surface area contributed by atoms with Gasteiger partial charge < -0.3 is 9.64 Å². The first-order chi connectivity index (χ1) is 29.5. The van der Waals surface area contributed by atoms with Crippen molar-refractivity contribution < 1.29 is 4.74 Å². The molecule has 286 valence electrons. The smallest absolute Gasteiger partial charge is 0.132 e. The summed E-state index contributed by atoms with van der Waals surface area (Å²) in [5, 5.41) is 0. The minimum absolute atomic E-state index is 0.146. The average Bonchev–Trinajstić information content (AvgIpc) is 3.54. The third-order valence-electron chi connectivity index (χ3n) is 12.8. The van der Waals surface area contributed by atoms with E-state index in [0.29, 0.717) is 0 Å². The lowest BCUT2D eigenvalue weighted by Crippen LogP contribution is -2.34. The molecule has 1 aliphatic heterocycles. The molecule has 9 aromatic rings. The average molecular weight is 770 g/mol. The molecule has 60 heavy (non-hydrogen) atoms. The summed E-state index contributed by atoms with van der Waals surface area (Å²) in [5.74, 6) is 1.71. The van der Waals surface area contributed by atoms with Gasteiger partial charge in [-0.05, 0) is 104 Å². The summed E-state index contributed by atoms with van der Waals surface area (Å²) in [5.41, 5.74) is 17.1. The van der Waals surface area contributed by atoms with E-state index in [4.69, 9.17) is 4.74 Å². The van der Waals surface area contributed by atoms with Crippen LogP contribution < -0.4 is 9.64 Å². The molecule has 0 amide bonds. The van der Waals surface area contributed by atoms with Crippen LogP contribution in [-0.2, 0) is 10.8 Å². The molecule has 0 saturated carbocycles. The Hall–Kier alpha value is -7.42. The standard InChI is InChI=1S/C58H43NO/c1-57(2)51-23-13-12-22-49(51)50-36-34-47(38-53(50)57)59(46-32-28-43(29-33-46)41-18-8-4-9-19-41)48-35-37-56-54(39-48)58(44-20-10-5-11-21-44,52-24-14-15-25-55(52)60-56)45-30-26-42(27-31-45)40-16-6-3-7-17-40/h3-39H,1-2H3. The number of nitrogens with zero attached hydrogens (tertiary/aromatic N) is 1. The number of para-hydroxylation sites is 1. The van der Waals surface area contributed by atoms with E-state index in [-0.39, 0.29) is 5.41 Å². The van der Waals surface area contributed by atoms with Crippen LogP contribution in [0.4, 0.5) is 17.1 Å². The zero-order valence-electron chi connectivity index (χ0n) is 33.7. The number of hydrogen-bond donors (Lipinski definition) is 0. The van der Waals surface area contributed by atoms with E-state index in [2.05, 4.69) is 243 Å². The van der Waals surface area contributed by atoms with Crippen molar-refractivity contribution in [1.82, 2.24) is 0 Å². The van der Waals surface area contributed by atoms with Gasteiger partial charge in [-0.2, -0.15) is 0 Å². The molecule has 0 saturated heterocycles. The van der Waals surface area contributed by atoms with E-state index >= 15 is 0 Å². The normalized spacial score (nSPS) is 15.5. The Labute approximate surface area is 352 Å². The number of rotatable bonds is 7.